The Labute approximate surface area is 166 Å². The van der Waals surface area contributed by atoms with Gasteiger partial charge >= 0.3 is 0 Å². The molecule has 1 N–H and O–H groups in total. The zero-order valence-corrected chi connectivity index (χ0v) is 15.9. The molecule has 2 aromatic carbocycles. The van der Waals surface area contributed by atoms with Crippen molar-refractivity contribution in [3.8, 4) is 17.0 Å². The van der Waals surface area contributed by atoms with Crippen molar-refractivity contribution in [2.75, 3.05) is 7.11 Å². The predicted molar refractivity (Wildman–Crippen MR) is 107 cm³/mol. The Morgan fingerprint density at radius 3 is 2.45 bits per heavy atom. The quantitative estimate of drug-likeness (QED) is 0.547. The van der Waals surface area contributed by atoms with Gasteiger partial charge in [-0.1, -0.05) is 12.1 Å². The highest BCUT2D eigenvalue weighted by Crippen LogP contribution is 2.25. The van der Waals surface area contributed by atoms with Crippen molar-refractivity contribution in [1.82, 2.24) is 14.2 Å². The molecular weight excluding hydrogens is 373 g/mol. The maximum Gasteiger partial charge on any atom is 0.276 e. The van der Waals surface area contributed by atoms with E-state index in [0.29, 0.717) is 35.3 Å². The van der Waals surface area contributed by atoms with Gasteiger partial charge in [0.2, 0.25) is 0 Å². The van der Waals surface area contributed by atoms with Crippen LogP contribution in [0.3, 0.4) is 0 Å². The summed E-state index contributed by atoms with van der Waals surface area (Å²) in [4.78, 5) is 13.0. The number of halogens is 1. The summed E-state index contributed by atoms with van der Waals surface area (Å²) in [6.07, 6.45) is 4.05. The molecule has 2 aromatic heterocycles. The first kappa shape index (κ1) is 18.9. The van der Waals surface area contributed by atoms with Crippen molar-refractivity contribution in [2.45, 2.75) is 19.6 Å². The summed E-state index contributed by atoms with van der Waals surface area (Å²) in [5, 5.41) is 14.3. The van der Waals surface area contributed by atoms with Gasteiger partial charge in [0.15, 0.2) is 0 Å². The number of aromatic nitrogens is 3. The van der Waals surface area contributed by atoms with Crippen LogP contribution in [0.1, 0.15) is 11.1 Å². The largest absolute Gasteiger partial charge is 0.497 e. The van der Waals surface area contributed by atoms with Gasteiger partial charge in [0.1, 0.15) is 17.1 Å². The second-order valence-electron chi connectivity index (χ2n) is 6.68. The summed E-state index contributed by atoms with van der Waals surface area (Å²) in [6, 6.07) is 13.5. The van der Waals surface area contributed by atoms with E-state index < -0.39 is 0 Å². The number of aryl methyl sites for hydroxylation is 2. The lowest BCUT2D eigenvalue weighted by Gasteiger charge is -2.07. The second kappa shape index (κ2) is 7.89. The zero-order chi connectivity index (χ0) is 20.4. The molecule has 0 spiro atoms. The predicted octanol–water partition coefficient (Wildman–Crippen LogP) is 3.05. The molecule has 29 heavy (non-hydrogen) atoms. The van der Waals surface area contributed by atoms with Gasteiger partial charge in [0, 0.05) is 30.1 Å². The summed E-state index contributed by atoms with van der Waals surface area (Å²) in [5.41, 5.74) is 2.72. The second-order valence-corrected chi connectivity index (χ2v) is 6.68. The van der Waals surface area contributed by atoms with Crippen molar-refractivity contribution in [3.05, 3.63) is 88.2 Å². The van der Waals surface area contributed by atoms with Gasteiger partial charge in [-0.15, -0.1) is 0 Å². The van der Waals surface area contributed by atoms with Crippen LogP contribution >= 0.6 is 0 Å². The minimum atomic E-state index is -0.357. The third kappa shape index (κ3) is 3.64. The van der Waals surface area contributed by atoms with Crippen LogP contribution in [0.15, 0.2) is 65.7 Å². The lowest BCUT2D eigenvalue weighted by atomic mass is 10.1. The van der Waals surface area contributed by atoms with Crippen LogP contribution in [-0.4, -0.2) is 26.4 Å². The van der Waals surface area contributed by atoms with Crippen LogP contribution < -0.4 is 10.3 Å². The van der Waals surface area contributed by atoms with E-state index in [9.17, 15) is 14.3 Å². The van der Waals surface area contributed by atoms with Crippen LogP contribution in [0, 0.1) is 5.82 Å². The zero-order valence-electron chi connectivity index (χ0n) is 15.9. The molecule has 0 saturated carbocycles. The van der Waals surface area contributed by atoms with E-state index in [1.807, 2.05) is 24.3 Å². The lowest BCUT2D eigenvalue weighted by Crippen LogP contribution is -2.23. The van der Waals surface area contributed by atoms with E-state index in [2.05, 4.69) is 5.10 Å². The average molecular weight is 393 g/mol. The summed E-state index contributed by atoms with van der Waals surface area (Å²) in [6.45, 7) is 0.150. The van der Waals surface area contributed by atoms with Crippen molar-refractivity contribution in [3.63, 3.8) is 0 Å². The Kier molecular flexibility index (Phi) is 5.14. The Morgan fingerprint density at radius 2 is 1.79 bits per heavy atom. The highest BCUT2D eigenvalue weighted by Gasteiger charge is 2.17. The highest BCUT2D eigenvalue weighted by molar-refractivity contribution is 5.72. The minimum absolute atomic E-state index is 0.231. The number of aliphatic hydroxyl groups excluding tert-OH is 1. The number of benzene rings is 2. The Balaban J connectivity index is 1.69. The van der Waals surface area contributed by atoms with E-state index in [1.165, 1.54) is 16.6 Å². The molecule has 0 fully saturated rings. The van der Waals surface area contributed by atoms with Gasteiger partial charge in [-0.2, -0.15) is 5.10 Å². The molecule has 4 aromatic rings. The monoisotopic (exact) mass is 393 g/mol. The van der Waals surface area contributed by atoms with Crippen molar-refractivity contribution in [2.24, 2.45) is 0 Å². The van der Waals surface area contributed by atoms with E-state index in [1.54, 1.807) is 36.2 Å². The molecule has 0 unspecified atom stereocenters. The molecule has 0 saturated heterocycles. The first-order valence-electron chi connectivity index (χ1n) is 9.21. The third-order valence-corrected chi connectivity index (χ3v) is 4.94. The molecule has 148 valence electrons. The number of hydrogen-bond acceptors (Lipinski definition) is 4. The van der Waals surface area contributed by atoms with Gasteiger partial charge in [0.05, 0.1) is 19.4 Å². The number of methoxy groups -OCH3 is 1. The maximum absolute atomic E-state index is 13.2. The first-order chi connectivity index (χ1) is 14.1. The van der Waals surface area contributed by atoms with E-state index in [0.717, 1.165) is 11.3 Å². The maximum atomic E-state index is 13.2. The number of aliphatic hydroxyl groups is 1. The SMILES string of the molecule is COc1ccc(CCn2ccn3nc(-c4ccc(F)cc4)c(CO)c3c2=O)cc1. The molecule has 0 aliphatic carbocycles. The number of nitrogens with zero attached hydrogens (tertiary/aromatic N) is 3. The van der Waals surface area contributed by atoms with Gasteiger partial charge < -0.3 is 14.4 Å². The number of rotatable bonds is 6. The number of hydrogen-bond donors (Lipinski definition) is 1. The topological polar surface area (TPSA) is 68.8 Å². The summed E-state index contributed by atoms with van der Waals surface area (Å²) >= 11 is 0. The van der Waals surface area contributed by atoms with Crippen LogP contribution in [0.2, 0.25) is 0 Å². The molecule has 6 nitrogen and oxygen atoms in total. The average Bonchev–Trinajstić information content (AvgIpc) is 3.13. The molecular formula is C22H20FN3O3. The minimum Gasteiger partial charge on any atom is -0.497 e. The first-order valence-corrected chi connectivity index (χ1v) is 9.21. The van der Waals surface area contributed by atoms with Crippen molar-refractivity contribution < 1.29 is 14.2 Å². The van der Waals surface area contributed by atoms with Crippen LogP contribution in [-0.2, 0) is 19.6 Å². The smallest absolute Gasteiger partial charge is 0.276 e. The van der Waals surface area contributed by atoms with Gasteiger partial charge in [0.25, 0.3) is 5.56 Å². The number of ether oxygens (including phenoxy) is 1. The number of fused-ring (bicyclic) bond motifs is 1. The summed E-state index contributed by atoms with van der Waals surface area (Å²) in [7, 11) is 1.62. The van der Waals surface area contributed by atoms with Gasteiger partial charge in [-0.05, 0) is 48.4 Å². The van der Waals surface area contributed by atoms with E-state index in [4.69, 9.17) is 4.74 Å². The lowest BCUT2D eigenvalue weighted by molar-refractivity contribution is 0.283. The molecule has 7 heteroatoms. The molecule has 4 rings (SSSR count). The van der Waals surface area contributed by atoms with E-state index >= 15 is 0 Å². The van der Waals surface area contributed by atoms with Crippen molar-refractivity contribution in [1.29, 1.82) is 0 Å². The van der Waals surface area contributed by atoms with Crippen molar-refractivity contribution >= 4 is 5.52 Å². The molecule has 0 radical (unpaired) electrons. The Morgan fingerprint density at radius 1 is 1.07 bits per heavy atom. The molecule has 2 heterocycles. The van der Waals surface area contributed by atoms with Crippen LogP contribution in [0.5, 0.6) is 5.75 Å². The van der Waals surface area contributed by atoms with E-state index in [-0.39, 0.29) is 18.0 Å². The Hall–Kier alpha value is -3.45. The fraction of sp³-hybridized carbons (Fsp3) is 0.182. The third-order valence-electron chi connectivity index (χ3n) is 4.94. The molecule has 0 bridgehead atoms. The summed E-state index contributed by atoms with van der Waals surface area (Å²) in [5.74, 6) is 0.427. The van der Waals surface area contributed by atoms with Gasteiger partial charge in [-0.3, -0.25) is 4.79 Å². The molecule has 0 aliphatic rings. The Bertz CT molecular complexity index is 1200. The summed E-state index contributed by atoms with van der Waals surface area (Å²) < 4.78 is 21.5. The molecule has 0 amide bonds. The van der Waals surface area contributed by atoms with Gasteiger partial charge in [-0.25, -0.2) is 8.91 Å². The fourth-order valence-corrected chi connectivity index (χ4v) is 3.36. The molecule has 0 aliphatic heterocycles. The molecule has 0 atom stereocenters. The fourth-order valence-electron chi connectivity index (χ4n) is 3.36. The highest BCUT2D eigenvalue weighted by atomic mass is 19.1. The standard InChI is InChI=1S/C22H20FN3O3/c1-29-18-8-2-15(3-9-18)10-11-25-12-13-26-21(22(25)28)19(14-27)20(24-26)16-4-6-17(23)7-5-16/h2-9,12-13,27H,10-11,14H2,1H3. The van der Waals surface area contributed by atoms with Crippen LogP contribution in [0.25, 0.3) is 16.8 Å². The normalized spacial score (nSPS) is 11.1. The van der Waals surface area contributed by atoms with Crippen LogP contribution in [0.4, 0.5) is 4.39 Å².